The van der Waals surface area contributed by atoms with E-state index in [1.807, 2.05) is 4.90 Å². The minimum absolute atomic E-state index is 0.289. The Morgan fingerprint density at radius 1 is 1.23 bits per heavy atom. The van der Waals surface area contributed by atoms with E-state index < -0.39 is 12.0 Å². The van der Waals surface area contributed by atoms with Crippen molar-refractivity contribution in [2.75, 3.05) is 13.1 Å². The van der Waals surface area contributed by atoms with Gasteiger partial charge in [-0.2, -0.15) is 0 Å². The molecule has 1 N–H and O–H groups in total. The molecule has 22 heavy (non-hydrogen) atoms. The summed E-state index contributed by atoms with van der Waals surface area (Å²) < 4.78 is 0. The largest absolute Gasteiger partial charge is 0.480 e. The van der Waals surface area contributed by atoms with E-state index in [0.29, 0.717) is 21.5 Å². The van der Waals surface area contributed by atoms with Crippen molar-refractivity contribution in [3.05, 3.63) is 33.8 Å². The summed E-state index contributed by atoms with van der Waals surface area (Å²) >= 11 is 12.0. The smallest absolute Gasteiger partial charge is 0.325 e. The Labute approximate surface area is 142 Å². The van der Waals surface area contributed by atoms with E-state index in [1.54, 1.807) is 18.2 Å². The Bertz CT molecular complexity index is 552. The molecule has 0 aromatic heterocycles. The van der Waals surface area contributed by atoms with Crippen LogP contribution in [0.15, 0.2) is 18.2 Å². The Hall–Kier alpha value is -0.770. The highest BCUT2D eigenvalue weighted by Crippen LogP contribution is 2.40. The first-order valence-electron chi connectivity index (χ1n) is 7.66. The number of halogens is 2. The van der Waals surface area contributed by atoms with Crippen molar-refractivity contribution in [1.82, 2.24) is 4.90 Å². The van der Waals surface area contributed by atoms with E-state index in [2.05, 4.69) is 20.8 Å². The third kappa shape index (κ3) is 3.58. The number of rotatable bonds is 4. The first kappa shape index (κ1) is 17.6. The zero-order valence-corrected chi connectivity index (χ0v) is 14.8. The number of carboxylic acid groups (broad SMARTS) is 1. The lowest BCUT2D eigenvalue weighted by Gasteiger charge is -2.44. The molecule has 0 amide bonds. The van der Waals surface area contributed by atoms with Crippen LogP contribution in [0.3, 0.4) is 0 Å². The second-order valence-corrected chi connectivity index (χ2v) is 7.57. The van der Waals surface area contributed by atoms with Crippen molar-refractivity contribution in [2.45, 2.75) is 39.7 Å². The van der Waals surface area contributed by atoms with E-state index >= 15 is 0 Å². The summed E-state index contributed by atoms with van der Waals surface area (Å²) in [6, 6.07) is 4.42. The van der Waals surface area contributed by atoms with Gasteiger partial charge in [-0.15, -0.1) is 0 Å². The fraction of sp³-hybridized carbons (Fsp3) is 0.588. The Morgan fingerprint density at radius 2 is 1.82 bits per heavy atom. The maximum absolute atomic E-state index is 11.8. The SMILES string of the molecule is CC(C)C1(C)CCN(C(C(=O)O)c2ccc(Cl)c(Cl)c2)CC1. The van der Waals surface area contributed by atoms with Crippen LogP contribution in [-0.2, 0) is 4.79 Å². The van der Waals surface area contributed by atoms with Crippen LogP contribution in [0, 0.1) is 11.3 Å². The standard InChI is InChI=1S/C17H23Cl2NO2/c1-11(2)17(3)6-8-20(9-7-17)15(16(21)22)12-4-5-13(18)14(19)10-12/h4-5,10-11,15H,6-9H2,1-3H3,(H,21,22). The molecule has 0 spiro atoms. The summed E-state index contributed by atoms with van der Waals surface area (Å²) in [5.41, 5.74) is 0.979. The van der Waals surface area contributed by atoms with Crippen LogP contribution in [0.4, 0.5) is 0 Å². The molecule has 1 atom stereocenters. The summed E-state index contributed by atoms with van der Waals surface area (Å²) in [5, 5.41) is 10.5. The number of hydrogen-bond acceptors (Lipinski definition) is 2. The second kappa shape index (κ2) is 6.77. The number of aliphatic carboxylic acids is 1. The molecule has 1 aliphatic rings. The van der Waals surface area contributed by atoms with Crippen LogP contribution in [0.2, 0.25) is 10.0 Å². The first-order chi connectivity index (χ1) is 10.2. The fourth-order valence-corrected chi connectivity index (χ4v) is 3.37. The van der Waals surface area contributed by atoms with E-state index in [0.717, 1.165) is 25.9 Å². The minimum atomic E-state index is -0.841. The number of likely N-dealkylation sites (tertiary alicyclic amines) is 1. The summed E-state index contributed by atoms with van der Waals surface area (Å²) in [4.78, 5) is 13.8. The quantitative estimate of drug-likeness (QED) is 0.846. The van der Waals surface area contributed by atoms with E-state index in [9.17, 15) is 9.90 Å². The Morgan fingerprint density at radius 3 is 2.27 bits per heavy atom. The van der Waals surface area contributed by atoms with Crippen LogP contribution < -0.4 is 0 Å². The van der Waals surface area contributed by atoms with Crippen molar-refractivity contribution in [2.24, 2.45) is 11.3 Å². The van der Waals surface area contributed by atoms with Gasteiger partial charge < -0.3 is 5.11 Å². The summed E-state index contributed by atoms with van der Waals surface area (Å²) in [6.07, 6.45) is 2.02. The molecule has 0 radical (unpaired) electrons. The second-order valence-electron chi connectivity index (χ2n) is 6.76. The molecule has 1 fully saturated rings. The molecule has 1 unspecified atom stereocenters. The van der Waals surface area contributed by atoms with E-state index in [4.69, 9.17) is 23.2 Å². The van der Waals surface area contributed by atoms with E-state index in [1.165, 1.54) is 0 Å². The molecule has 122 valence electrons. The average Bonchev–Trinajstić information content (AvgIpc) is 2.45. The molecule has 1 heterocycles. The molecule has 5 heteroatoms. The Kier molecular flexibility index (Phi) is 5.41. The van der Waals surface area contributed by atoms with Crippen molar-refractivity contribution in [1.29, 1.82) is 0 Å². The number of carboxylic acids is 1. The van der Waals surface area contributed by atoms with Gasteiger partial charge in [-0.25, -0.2) is 0 Å². The van der Waals surface area contributed by atoms with Gasteiger partial charge in [0.25, 0.3) is 0 Å². The number of benzene rings is 1. The topological polar surface area (TPSA) is 40.5 Å². The summed E-state index contributed by atoms with van der Waals surface area (Å²) in [6.45, 7) is 8.34. The minimum Gasteiger partial charge on any atom is -0.480 e. The maximum Gasteiger partial charge on any atom is 0.325 e. The van der Waals surface area contributed by atoms with Gasteiger partial charge in [0.05, 0.1) is 10.0 Å². The molecule has 1 aromatic carbocycles. The van der Waals surface area contributed by atoms with Gasteiger partial charge in [-0.05, 0) is 55.0 Å². The van der Waals surface area contributed by atoms with Crippen molar-refractivity contribution >= 4 is 29.2 Å². The normalized spacial score (nSPS) is 20.1. The van der Waals surface area contributed by atoms with Crippen molar-refractivity contribution in [3.8, 4) is 0 Å². The molecule has 1 aromatic rings. The fourth-order valence-electron chi connectivity index (χ4n) is 3.06. The van der Waals surface area contributed by atoms with Gasteiger partial charge in [-0.1, -0.05) is 50.0 Å². The number of piperidine rings is 1. The van der Waals surface area contributed by atoms with Gasteiger partial charge in [0.2, 0.25) is 0 Å². The molecule has 2 rings (SSSR count). The summed E-state index contributed by atoms with van der Waals surface area (Å²) in [5.74, 6) is -0.241. The lowest BCUT2D eigenvalue weighted by Crippen LogP contribution is -2.44. The van der Waals surface area contributed by atoms with Crippen LogP contribution in [0.5, 0.6) is 0 Å². The van der Waals surface area contributed by atoms with E-state index in [-0.39, 0.29) is 5.41 Å². The molecule has 0 bridgehead atoms. The third-order valence-electron chi connectivity index (χ3n) is 5.19. The van der Waals surface area contributed by atoms with Gasteiger partial charge >= 0.3 is 5.97 Å². The van der Waals surface area contributed by atoms with Gasteiger partial charge in [-0.3, -0.25) is 9.69 Å². The molecular formula is C17H23Cl2NO2. The lowest BCUT2D eigenvalue weighted by atomic mass is 9.71. The van der Waals surface area contributed by atoms with Gasteiger partial charge in [0.15, 0.2) is 0 Å². The van der Waals surface area contributed by atoms with Gasteiger partial charge in [0, 0.05) is 0 Å². The highest BCUT2D eigenvalue weighted by atomic mass is 35.5. The average molecular weight is 344 g/mol. The lowest BCUT2D eigenvalue weighted by molar-refractivity contribution is -0.144. The predicted octanol–water partition coefficient (Wildman–Crippen LogP) is 4.88. The monoisotopic (exact) mass is 343 g/mol. The number of nitrogens with zero attached hydrogens (tertiary/aromatic N) is 1. The van der Waals surface area contributed by atoms with Crippen molar-refractivity contribution < 1.29 is 9.90 Å². The zero-order valence-electron chi connectivity index (χ0n) is 13.3. The Balaban J connectivity index is 2.20. The molecule has 1 aliphatic heterocycles. The van der Waals surface area contributed by atoms with Crippen LogP contribution >= 0.6 is 23.2 Å². The predicted molar refractivity (Wildman–Crippen MR) is 90.6 cm³/mol. The number of hydrogen-bond donors (Lipinski definition) is 1. The highest BCUT2D eigenvalue weighted by Gasteiger charge is 2.37. The third-order valence-corrected chi connectivity index (χ3v) is 5.93. The van der Waals surface area contributed by atoms with Gasteiger partial charge in [0.1, 0.15) is 6.04 Å². The van der Waals surface area contributed by atoms with Crippen molar-refractivity contribution in [3.63, 3.8) is 0 Å². The first-order valence-corrected chi connectivity index (χ1v) is 8.42. The molecule has 3 nitrogen and oxygen atoms in total. The van der Waals surface area contributed by atoms with Crippen LogP contribution in [0.1, 0.15) is 45.2 Å². The maximum atomic E-state index is 11.8. The number of carbonyl (C=O) groups is 1. The molecule has 0 saturated carbocycles. The molecule has 0 aliphatic carbocycles. The highest BCUT2D eigenvalue weighted by molar-refractivity contribution is 6.42. The van der Waals surface area contributed by atoms with Crippen LogP contribution in [0.25, 0.3) is 0 Å². The molecule has 1 saturated heterocycles. The summed E-state index contributed by atoms with van der Waals surface area (Å²) in [7, 11) is 0. The van der Waals surface area contributed by atoms with Crippen LogP contribution in [-0.4, -0.2) is 29.1 Å². The zero-order chi connectivity index (χ0) is 16.5. The molecular weight excluding hydrogens is 321 g/mol.